The molecule has 132 valence electrons. The van der Waals surface area contributed by atoms with Crippen molar-refractivity contribution in [1.82, 2.24) is 15.6 Å². The molecule has 24 heavy (non-hydrogen) atoms. The first-order valence-electron chi connectivity index (χ1n) is 7.17. The van der Waals surface area contributed by atoms with Crippen molar-refractivity contribution >= 4 is 53.2 Å². The number of anilines is 1. The van der Waals surface area contributed by atoms with Gasteiger partial charge in [-0.1, -0.05) is 25.1 Å². The van der Waals surface area contributed by atoms with Crippen LogP contribution in [0, 0.1) is 5.92 Å². The maximum atomic E-state index is 12.0. The Hall–Kier alpha value is -1.89. The molecule has 0 radical (unpaired) electrons. The van der Waals surface area contributed by atoms with Crippen molar-refractivity contribution in [3.05, 3.63) is 36.5 Å². The summed E-state index contributed by atoms with van der Waals surface area (Å²) < 4.78 is 0. The predicted molar refractivity (Wildman–Crippen MR) is 101 cm³/mol. The molecule has 1 unspecified atom stereocenters. The molecule has 2 aromatic rings. The van der Waals surface area contributed by atoms with Gasteiger partial charge in [0.25, 0.3) is 0 Å². The van der Waals surface area contributed by atoms with E-state index >= 15 is 0 Å². The van der Waals surface area contributed by atoms with Crippen molar-refractivity contribution in [3.8, 4) is 0 Å². The molecule has 1 atom stereocenters. The van der Waals surface area contributed by atoms with E-state index in [0.717, 1.165) is 10.9 Å². The molecule has 0 fully saturated rings. The summed E-state index contributed by atoms with van der Waals surface area (Å²) in [6.07, 6.45) is 1.68. The maximum Gasteiger partial charge on any atom is 0.243 e. The molecule has 1 aromatic heterocycles. The number of hydrogen-bond acceptors (Lipinski definition) is 4. The number of benzene rings is 1. The first-order chi connectivity index (χ1) is 10.6. The number of amides is 2. The SMILES string of the molecule is CNCC(C)C(=O)NCC(=O)Nc1cccc2cccnc12.Cl.Cl. The lowest BCUT2D eigenvalue weighted by Crippen LogP contribution is -2.38. The molecular weight excluding hydrogens is 351 g/mol. The number of carbonyl (C=O) groups is 2. The lowest BCUT2D eigenvalue weighted by molar-refractivity contribution is -0.126. The van der Waals surface area contributed by atoms with Crippen LogP contribution in [0.1, 0.15) is 6.92 Å². The zero-order chi connectivity index (χ0) is 15.9. The van der Waals surface area contributed by atoms with Crippen molar-refractivity contribution in [2.45, 2.75) is 6.92 Å². The van der Waals surface area contributed by atoms with E-state index in [1.807, 2.05) is 24.3 Å². The Morgan fingerprint density at radius 3 is 2.58 bits per heavy atom. The van der Waals surface area contributed by atoms with Crippen LogP contribution in [0.5, 0.6) is 0 Å². The number of fused-ring (bicyclic) bond motifs is 1. The van der Waals surface area contributed by atoms with E-state index in [4.69, 9.17) is 0 Å². The van der Waals surface area contributed by atoms with Gasteiger partial charge in [-0.3, -0.25) is 14.6 Å². The average molecular weight is 373 g/mol. The monoisotopic (exact) mass is 372 g/mol. The van der Waals surface area contributed by atoms with Gasteiger partial charge in [0.2, 0.25) is 11.8 Å². The Balaban J connectivity index is 0.00000264. The molecule has 8 heteroatoms. The van der Waals surface area contributed by atoms with Gasteiger partial charge in [-0.2, -0.15) is 0 Å². The third-order valence-electron chi connectivity index (χ3n) is 3.29. The number of rotatable bonds is 6. The Labute approximate surface area is 153 Å². The third-order valence-corrected chi connectivity index (χ3v) is 3.29. The Morgan fingerprint density at radius 2 is 1.88 bits per heavy atom. The normalized spacial score (nSPS) is 10.9. The number of halogens is 2. The molecule has 0 aliphatic carbocycles. The number of pyridine rings is 1. The third kappa shape index (κ3) is 5.96. The molecule has 3 N–H and O–H groups in total. The second-order valence-electron chi connectivity index (χ2n) is 5.11. The predicted octanol–water partition coefficient (Wildman–Crippen LogP) is 1.99. The van der Waals surface area contributed by atoms with Crippen LogP contribution in [-0.2, 0) is 9.59 Å². The van der Waals surface area contributed by atoms with Crippen LogP contribution in [0.25, 0.3) is 10.9 Å². The maximum absolute atomic E-state index is 12.0. The van der Waals surface area contributed by atoms with Crippen LogP contribution in [0.2, 0.25) is 0 Å². The standard InChI is InChI=1S/C16H20N4O2.2ClH/c1-11(9-17-2)16(22)19-10-14(21)20-13-7-3-5-12-6-4-8-18-15(12)13;;/h3-8,11,17H,9-10H2,1-2H3,(H,19,22)(H,20,21);2*1H. The number of aromatic nitrogens is 1. The molecule has 0 aliphatic heterocycles. The molecule has 0 saturated heterocycles. The highest BCUT2D eigenvalue weighted by atomic mass is 35.5. The van der Waals surface area contributed by atoms with Gasteiger partial charge in [0.1, 0.15) is 0 Å². The molecule has 0 saturated carbocycles. The van der Waals surface area contributed by atoms with Gasteiger partial charge in [0.05, 0.1) is 17.7 Å². The number of carbonyl (C=O) groups excluding carboxylic acids is 2. The van der Waals surface area contributed by atoms with E-state index < -0.39 is 0 Å². The smallest absolute Gasteiger partial charge is 0.243 e. The van der Waals surface area contributed by atoms with E-state index in [0.29, 0.717) is 12.2 Å². The van der Waals surface area contributed by atoms with Gasteiger partial charge < -0.3 is 16.0 Å². The van der Waals surface area contributed by atoms with Crippen molar-refractivity contribution in [1.29, 1.82) is 0 Å². The lowest BCUT2D eigenvalue weighted by atomic mass is 10.1. The minimum absolute atomic E-state index is 0. The van der Waals surface area contributed by atoms with Crippen LogP contribution in [0.15, 0.2) is 36.5 Å². The van der Waals surface area contributed by atoms with E-state index in [-0.39, 0.29) is 49.1 Å². The molecule has 0 spiro atoms. The van der Waals surface area contributed by atoms with Gasteiger partial charge in [-0.25, -0.2) is 0 Å². The lowest BCUT2D eigenvalue weighted by Gasteiger charge is -2.12. The fraction of sp³-hybridized carbons (Fsp3) is 0.312. The molecular formula is C16H22Cl2N4O2. The number of nitrogens with one attached hydrogen (secondary N) is 3. The summed E-state index contributed by atoms with van der Waals surface area (Å²) in [6, 6.07) is 9.35. The number of para-hydroxylation sites is 1. The molecule has 2 rings (SSSR count). The van der Waals surface area contributed by atoms with E-state index in [2.05, 4.69) is 20.9 Å². The summed E-state index contributed by atoms with van der Waals surface area (Å²) in [5.41, 5.74) is 1.37. The Kier molecular flexibility index (Phi) is 9.95. The summed E-state index contributed by atoms with van der Waals surface area (Å²) >= 11 is 0. The number of hydrogen-bond donors (Lipinski definition) is 3. The molecule has 6 nitrogen and oxygen atoms in total. The van der Waals surface area contributed by atoms with E-state index in [9.17, 15) is 9.59 Å². The first-order valence-corrected chi connectivity index (χ1v) is 7.17. The van der Waals surface area contributed by atoms with Crippen molar-refractivity contribution < 1.29 is 9.59 Å². The van der Waals surface area contributed by atoms with Crippen molar-refractivity contribution in [2.75, 3.05) is 25.5 Å². The second-order valence-corrected chi connectivity index (χ2v) is 5.11. The molecule has 1 aromatic carbocycles. The quantitative estimate of drug-likeness (QED) is 0.723. The summed E-state index contributed by atoms with van der Waals surface area (Å²) in [5, 5.41) is 9.28. The van der Waals surface area contributed by atoms with Crippen LogP contribution in [-0.4, -0.2) is 36.9 Å². The van der Waals surface area contributed by atoms with Gasteiger partial charge in [-0.15, -0.1) is 24.8 Å². The highest BCUT2D eigenvalue weighted by Crippen LogP contribution is 2.20. The van der Waals surface area contributed by atoms with Crippen LogP contribution >= 0.6 is 24.8 Å². The van der Waals surface area contributed by atoms with Gasteiger partial charge in [0, 0.05) is 24.0 Å². The van der Waals surface area contributed by atoms with Gasteiger partial charge in [-0.05, 0) is 19.2 Å². The zero-order valence-electron chi connectivity index (χ0n) is 13.5. The largest absolute Gasteiger partial charge is 0.347 e. The van der Waals surface area contributed by atoms with E-state index in [1.54, 1.807) is 26.2 Å². The Bertz CT molecular complexity index is 677. The molecule has 2 amide bonds. The van der Waals surface area contributed by atoms with E-state index in [1.165, 1.54) is 0 Å². The molecule has 1 heterocycles. The van der Waals surface area contributed by atoms with Gasteiger partial charge >= 0.3 is 0 Å². The Morgan fingerprint density at radius 1 is 1.17 bits per heavy atom. The first kappa shape index (κ1) is 22.1. The van der Waals surface area contributed by atoms with Crippen molar-refractivity contribution in [2.24, 2.45) is 5.92 Å². The minimum atomic E-state index is -0.275. The molecule has 0 aliphatic rings. The summed E-state index contributed by atoms with van der Waals surface area (Å²) in [5.74, 6) is -0.610. The minimum Gasteiger partial charge on any atom is -0.347 e. The summed E-state index contributed by atoms with van der Waals surface area (Å²) in [4.78, 5) is 28.0. The van der Waals surface area contributed by atoms with Crippen LogP contribution < -0.4 is 16.0 Å². The highest BCUT2D eigenvalue weighted by Gasteiger charge is 2.13. The zero-order valence-corrected chi connectivity index (χ0v) is 15.2. The number of nitrogens with zero attached hydrogens (tertiary/aromatic N) is 1. The highest BCUT2D eigenvalue weighted by molar-refractivity contribution is 6.01. The van der Waals surface area contributed by atoms with Crippen LogP contribution in [0.4, 0.5) is 5.69 Å². The summed E-state index contributed by atoms with van der Waals surface area (Å²) in [6.45, 7) is 2.31. The topological polar surface area (TPSA) is 83.1 Å². The average Bonchev–Trinajstić information content (AvgIpc) is 2.53. The second kappa shape index (κ2) is 10.8. The fourth-order valence-electron chi connectivity index (χ4n) is 2.14. The van der Waals surface area contributed by atoms with Crippen LogP contribution in [0.3, 0.4) is 0 Å². The fourth-order valence-corrected chi connectivity index (χ4v) is 2.14. The van der Waals surface area contributed by atoms with Crippen molar-refractivity contribution in [3.63, 3.8) is 0 Å². The summed E-state index contributed by atoms with van der Waals surface area (Å²) in [7, 11) is 1.78. The van der Waals surface area contributed by atoms with Gasteiger partial charge in [0.15, 0.2) is 0 Å². The molecule has 0 bridgehead atoms.